The number of hydrogen-bond acceptors (Lipinski definition) is 8. The maximum absolute atomic E-state index is 15.5. The molecule has 0 unspecified atom stereocenters. The quantitative estimate of drug-likeness (QED) is 0.0700. The van der Waals surface area contributed by atoms with Crippen LogP contribution in [0.3, 0.4) is 0 Å². The van der Waals surface area contributed by atoms with Crippen LogP contribution in [-0.4, -0.2) is 123 Å². The lowest BCUT2D eigenvalue weighted by molar-refractivity contribution is 0.143. The second kappa shape index (κ2) is 26.7. The summed E-state index contributed by atoms with van der Waals surface area (Å²) in [5.41, 5.74) is 0. The van der Waals surface area contributed by atoms with Crippen molar-refractivity contribution in [3.05, 3.63) is 243 Å². The van der Waals surface area contributed by atoms with Gasteiger partial charge in [0.1, 0.15) is 28.6 Å². The zero-order valence-electron chi connectivity index (χ0n) is 43.6. The maximum atomic E-state index is 15.5. The van der Waals surface area contributed by atoms with Crippen molar-refractivity contribution in [1.82, 2.24) is 19.6 Å². The van der Waals surface area contributed by atoms with Crippen molar-refractivity contribution in [3.8, 4) is 0 Å². The van der Waals surface area contributed by atoms with Gasteiger partial charge >= 0.3 is 0 Å². The van der Waals surface area contributed by atoms with Crippen molar-refractivity contribution >= 4 is 71.0 Å². The summed E-state index contributed by atoms with van der Waals surface area (Å²) < 4.78 is 62.2. The highest BCUT2D eigenvalue weighted by Crippen LogP contribution is 2.46. The third kappa shape index (κ3) is 13.8. The number of nitrogens with zero attached hydrogens (tertiary/aromatic N) is 4. The molecule has 1 fully saturated rings. The molecule has 0 atom stereocenters. The summed E-state index contributed by atoms with van der Waals surface area (Å²) in [5, 5.41) is 6.88. The first-order valence-electron chi connectivity index (χ1n) is 26.9. The van der Waals surface area contributed by atoms with Crippen LogP contribution in [0.25, 0.3) is 0 Å². The average molecular weight is 1090 g/mol. The molecule has 8 nitrogen and oxygen atoms in total. The highest BCUT2D eigenvalue weighted by molar-refractivity contribution is 7.79. The van der Waals surface area contributed by atoms with Crippen LogP contribution in [0, 0.1) is 0 Å². The summed E-state index contributed by atoms with van der Waals surface area (Å²) >= 11 is 0. The van der Waals surface area contributed by atoms with Crippen LogP contribution < -0.4 is 42.4 Å². The molecule has 12 heteroatoms. The van der Waals surface area contributed by atoms with E-state index < -0.39 is 28.6 Å². The van der Waals surface area contributed by atoms with Crippen molar-refractivity contribution in [2.24, 2.45) is 0 Å². The first-order valence-corrected chi connectivity index (χ1v) is 34.4. The molecule has 0 aliphatic carbocycles. The number of rotatable bonds is 20. The molecule has 0 bridgehead atoms. The summed E-state index contributed by atoms with van der Waals surface area (Å²) in [5.74, 6) is 0. The minimum Gasteiger partial charge on any atom is -0.314 e. The van der Waals surface area contributed by atoms with E-state index in [0.717, 1.165) is 42.4 Å². The van der Waals surface area contributed by atoms with Crippen LogP contribution in [0.1, 0.15) is 0 Å². The Hall–Kier alpha value is -5.48. The predicted octanol–water partition coefficient (Wildman–Crippen LogP) is 9.26. The molecule has 392 valence electrons. The van der Waals surface area contributed by atoms with E-state index in [9.17, 15) is 0 Å². The first kappa shape index (κ1) is 55.3. The molecule has 1 aliphatic rings. The molecule has 76 heavy (non-hydrogen) atoms. The lowest BCUT2D eigenvalue weighted by Gasteiger charge is -2.36. The van der Waals surface area contributed by atoms with Gasteiger partial charge in [0.15, 0.2) is 0 Å². The van der Waals surface area contributed by atoms with E-state index in [-0.39, 0.29) is 0 Å². The third-order valence-corrected chi connectivity index (χ3v) is 27.6. The Labute approximate surface area is 452 Å². The van der Waals surface area contributed by atoms with Crippen LogP contribution >= 0.6 is 28.6 Å². The Morgan fingerprint density at radius 3 is 0.447 bits per heavy atom. The van der Waals surface area contributed by atoms with Gasteiger partial charge in [-0.3, -0.25) is 0 Å². The smallest absolute Gasteiger partial charge is 0.144 e. The highest BCUT2D eigenvalue weighted by Gasteiger charge is 2.33. The molecule has 0 N–H and O–H groups in total. The van der Waals surface area contributed by atoms with E-state index in [4.69, 9.17) is 0 Å². The van der Waals surface area contributed by atoms with Gasteiger partial charge in [0.2, 0.25) is 0 Å². The lowest BCUT2D eigenvalue weighted by Crippen LogP contribution is -2.48. The van der Waals surface area contributed by atoms with Crippen LogP contribution in [0.2, 0.25) is 0 Å². The van der Waals surface area contributed by atoms with Gasteiger partial charge < -0.3 is 37.9 Å². The van der Waals surface area contributed by atoms with E-state index >= 15 is 18.3 Å². The van der Waals surface area contributed by atoms with Crippen molar-refractivity contribution in [2.45, 2.75) is 0 Å². The average Bonchev–Trinajstić information content (AvgIpc) is 3.49. The van der Waals surface area contributed by atoms with Crippen LogP contribution in [0.4, 0.5) is 0 Å². The lowest BCUT2D eigenvalue weighted by atomic mass is 10.3. The van der Waals surface area contributed by atoms with E-state index in [1.165, 1.54) is 0 Å². The second-order valence-corrected chi connectivity index (χ2v) is 31.7. The van der Waals surface area contributed by atoms with Crippen molar-refractivity contribution in [3.63, 3.8) is 0 Å². The first-order chi connectivity index (χ1) is 37.2. The van der Waals surface area contributed by atoms with Gasteiger partial charge in [0, 0.05) is 146 Å². The molecule has 1 heterocycles. The molecule has 0 aromatic heterocycles. The van der Waals surface area contributed by atoms with Crippen LogP contribution in [0.5, 0.6) is 0 Å². The zero-order valence-corrected chi connectivity index (χ0v) is 47.2. The summed E-state index contributed by atoms with van der Waals surface area (Å²) in [4.78, 5) is 9.93. The van der Waals surface area contributed by atoms with Crippen molar-refractivity contribution in [2.75, 3.05) is 103 Å². The van der Waals surface area contributed by atoms with E-state index in [1.807, 2.05) is 243 Å². The van der Waals surface area contributed by atoms with Crippen molar-refractivity contribution < 1.29 is 18.3 Å². The highest BCUT2D eigenvalue weighted by atomic mass is 31.2. The fraction of sp³-hybridized carbons (Fsp3) is 0.250. The topological polar surface area (TPSA) is 81.2 Å². The Morgan fingerprint density at radius 1 is 0.211 bits per heavy atom. The van der Waals surface area contributed by atoms with Gasteiger partial charge in [-0.1, -0.05) is 243 Å². The summed E-state index contributed by atoms with van der Waals surface area (Å²) in [6, 6.07) is 79.7. The molecule has 9 rings (SSSR count). The summed E-state index contributed by atoms with van der Waals surface area (Å²) in [7, 11) is -12.1. The molecule has 0 radical (unpaired) electrons. The fourth-order valence-electron chi connectivity index (χ4n) is 10.6. The monoisotopic (exact) mass is 1080 g/mol. The molecule has 8 aromatic carbocycles. The second-order valence-electron chi connectivity index (χ2n) is 19.9. The SMILES string of the molecule is O=P(CCN1CCN(CCP(=O)(c2ccccc2)c2ccccc2)CCN(CCP(=O)(c2ccccc2)c2ccccc2)CCN(CCP(=O)(c2ccccc2)c2ccccc2)CC1)(c1ccccc1)c1ccccc1. The van der Waals surface area contributed by atoms with Crippen LogP contribution in [-0.2, 0) is 18.3 Å². The Balaban J connectivity index is 1.05. The van der Waals surface area contributed by atoms with Crippen LogP contribution in [0.15, 0.2) is 243 Å². The minimum atomic E-state index is -3.03. The number of hydrogen-bond donors (Lipinski definition) is 0. The standard InChI is InChI=1S/C64H72N4O4P4/c69-73(57-25-9-1-10-26-57,58-27-11-2-12-28-58)53-49-65-41-43-66(50-54-74(70,59-29-13-3-14-30-59)60-31-15-4-16-32-60)45-47-68(52-56-76(72,63-37-21-7-22-38-63)64-39-23-8-24-40-64)48-46-67(44-42-65)51-55-75(71,61-33-17-5-18-34-61)62-35-19-6-20-36-62/h1-40H,41-56H2. The van der Waals surface area contributed by atoms with E-state index in [1.54, 1.807) is 0 Å². The molecule has 0 saturated carbocycles. The van der Waals surface area contributed by atoms with Gasteiger partial charge in [-0.15, -0.1) is 0 Å². The van der Waals surface area contributed by atoms with Gasteiger partial charge in [-0.25, -0.2) is 0 Å². The summed E-state index contributed by atoms with van der Waals surface area (Å²) in [6.07, 6.45) is 1.91. The molecular formula is C64H72N4O4P4. The number of benzene rings is 8. The van der Waals surface area contributed by atoms with Gasteiger partial charge in [-0.2, -0.15) is 0 Å². The zero-order chi connectivity index (χ0) is 52.5. The Kier molecular flexibility index (Phi) is 19.4. The third-order valence-electron chi connectivity index (χ3n) is 15.2. The maximum Gasteiger partial charge on any atom is 0.144 e. The Morgan fingerprint density at radius 2 is 0.329 bits per heavy atom. The van der Waals surface area contributed by atoms with Crippen molar-refractivity contribution in [1.29, 1.82) is 0 Å². The van der Waals surface area contributed by atoms with Gasteiger partial charge in [0.05, 0.1) is 0 Å². The molecule has 1 saturated heterocycles. The minimum absolute atomic E-state index is 0.478. The fourth-order valence-corrected chi connectivity index (χ4v) is 21.3. The molecule has 1 aliphatic heterocycles. The van der Waals surface area contributed by atoms with Gasteiger partial charge in [-0.05, 0) is 0 Å². The predicted molar refractivity (Wildman–Crippen MR) is 324 cm³/mol. The Bertz CT molecular complexity index is 2570. The largest absolute Gasteiger partial charge is 0.314 e. The van der Waals surface area contributed by atoms with E-state index in [0.29, 0.717) is 103 Å². The molecule has 8 aromatic rings. The molecule has 0 amide bonds. The molecular weight excluding hydrogens is 1010 g/mol. The van der Waals surface area contributed by atoms with Gasteiger partial charge in [0.25, 0.3) is 0 Å². The molecule has 0 spiro atoms. The van der Waals surface area contributed by atoms with E-state index in [2.05, 4.69) is 19.6 Å². The normalized spacial score (nSPS) is 15.4. The summed E-state index contributed by atoms with van der Waals surface area (Å²) in [6.45, 7) is 8.14.